The molecule has 0 aliphatic carbocycles. The third-order valence-corrected chi connectivity index (χ3v) is 9.30. The number of hydrogen-bond donors (Lipinski definition) is 0. The van der Waals surface area contributed by atoms with E-state index in [1.165, 1.54) is 18.9 Å². The van der Waals surface area contributed by atoms with Crippen molar-refractivity contribution in [3.05, 3.63) is 52.0 Å². The summed E-state index contributed by atoms with van der Waals surface area (Å²) in [6.45, 7) is 0. The monoisotopic (exact) mass is 514 g/mol. The van der Waals surface area contributed by atoms with Crippen molar-refractivity contribution in [1.82, 2.24) is 0 Å². The maximum absolute atomic E-state index is 12.8. The summed E-state index contributed by atoms with van der Waals surface area (Å²) >= 11 is 13.9. The highest BCUT2D eigenvalue weighted by Gasteiger charge is 2.49. The third-order valence-electron chi connectivity index (χ3n) is 5.28. The van der Waals surface area contributed by atoms with Gasteiger partial charge in [-0.15, -0.1) is 0 Å². The van der Waals surface area contributed by atoms with Gasteiger partial charge in [0, 0.05) is 5.25 Å². The summed E-state index contributed by atoms with van der Waals surface area (Å²) in [6.07, 6.45) is 0.0508. The summed E-state index contributed by atoms with van der Waals surface area (Å²) in [5.74, 6) is 0.715. The Kier molecular flexibility index (Phi) is 6.63. The van der Waals surface area contributed by atoms with Gasteiger partial charge in [-0.05, 0) is 29.8 Å². The number of carbonyl (C=O) groups excluding carboxylic acids is 1. The van der Waals surface area contributed by atoms with E-state index in [1.54, 1.807) is 48.4 Å². The van der Waals surface area contributed by atoms with Crippen LogP contribution in [0.2, 0.25) is 10.0 Å². The Labute approximate surface area is 200 Å². The van der Waals surface area contributed by atoms with E-state index < -0.39 is 9.84 Å². The number of sulfone groups is 1. The zero-order valence-corrected chi connectivity index (χ0v) is 20.4. The van der Waals surface area contributed by atoms with Gasteiger partial charge in [0.05, 0.1) is 53.9 Å². The molecular formula is C21H20Cl2N2O5S2. The van der Waals surface area contributed by atoms with E-state index in [0.717, 1.165) is 5.56 Å². The summed E-state index contributed by atoms with van der Waals surface area (Å²) in [7, 11) is -0.122. The minimum Gasteiger partial charge on any atom is -0.493 e. The fraction of sp³-hybridized carbons (Fsp3) is 0.333. The standard InChI is InChI=1S/C21H20Cl2N2O5S2/c1-29-16-7-6-12(8-17(16)30-2)9-19(26)24-21-25(14-5-3-4-13(22)20(14)23)15-10-32(27,28)11-18(15)31-21/h3-8,15,18H,9-11H2,1-2H3/t15-,18-/m1/s1. The number of nitrogens with zero attached hydrogens (tertiary/aromatic N) is 2. The van der Waals surface area contributed by atoms with Crippen molar-refractivity contribution in [2.45, 2.75) is 17.7 Å². The van der Waals surface area contributed by atoms with Crippen molar-refractivity contribution < 1.29 is 22.7 Å². The van der Waals surface area contributed by atoms with Gasteiger partial charge in [0.1, 0.15) is 0 Å². The van der Waals surface area contributed by atoms with Gasteiger partial charge < -0.3 is 14.4 Å². The van der Waals surface area contributed by atoms with Gasteiger partial charge in [-0.2, -0.15) is 4.99 Å². The molecule has 170 valence electrons. The number of fused-ring (bicyclic) bond motifs is 1. The quantitative estimate of drug-likeness (QED) is 0.598. The van der Waals surface area contributed by atoms with Crippen molar-refractivity contribution in [3.8, 4) is 11.5 Å². The SMILES string of the molecule is COc1ccc(CC(=O)N=C2S[C@@H]3CS(=O)(=O)C[C@H]3N2c2cccc(Cl)c2Cl)cc1OC. The normalized spacial score (nSPS) is 22.8. The maximum atomic E-state index is 12.8. The van der Waals surface area contributed by atoms with Crippen LogP contribution in [0.15, 0.2) is 41.4 Å². The molecule has 0 bridgehead atoms. The van der Waals surface area contributed by atoms with E-state index in [9.17, 15) is 13.2 Å². The Morgan fingerprint density at radius 2 is 1.91 bits per heavy atom. The van der Waals surface area contributed by atoms with Gasteiger partial charge >= 0.3 is 0 Å². The largest absolute Gasteiger partial charge is 0.493 e. The third kappa shape index (κ3) is 4.57. The lowest BCUT2D eigenvalue weighted by Crippen LogP contribution is -2.38. The summed E-state index contributed by atoms with van der Waals surface area (Å²) in [5.41, 5.74) is 1.25. The van der Waals surface area contributed by atoms with Crippen LogP contribution in [-0.4, -0.2) is 56.5 Å². The van der Waals surface area contributed by atoms with Crippen LogP contribution < -0.4 is 14.4 Å². The molecule has 0 unspecified atom stereocenters. The summed E-state index contributed by atoms with van der Waals surface area (Å²) in [5, 5.41) is 0.821. The molecule has 11 heteroatoms. The molecule has 0 radical (unpaired) electrons. The fourth-order valence-corrected chi connectivity index (χ4v) is 8.15. The molecule has 2 aromatic rings. The summed E-state index contributed by atoms with van der Waals surface area (Å²) in [6, 6.07) is 9.99. The zero-order chi connectivity index (χ0) is 23.0. The smallest absolute Gasteiger partial charge is 0.252 e. The number of rotatable bonds is 5. The highest BCUT2D eigenvalue weighted by Crippen LogP contribution is 2.44. The Balaban J connectivity index is 1.65. The van der Waals surface area contributed by atoms with Crippen LogP contribution in [0.4, 0.5) is 5.69 Å². The van der Waals surface area contributed by atoms with Crippen LogP contribution in [0.5, 0.6) is 11.5 Å². The second-order valence-electron chi connectivity index (χ2n) is 7.40. The van der Waals surface area contributed by atoms with E-state index in [-0.39, 0.29) is 35.1 Å². The molecule has 2 atom stereocenters. The fourth-order valence-electron chi connectivity index (χ4n) is 3.84. The number of methoxy groups -OCH3 is 2. The van der Waals surface area contributed by atoms with Crippen LogP contribution in [0.3, 0.4) is 0 Å². The number of benzene rings is 2. The molecule has 0 N–H and O–H groups in total. The highest BCUT2D eigenvalue weighted by molar-refractivity contribution is 8.16. The first kappa shape index (κ1) is 23.2. The molecule has 4 rings (SSSR count). The van der Waals surface area contributed by atoms with Gasteiger partial charge in [0.15, 0.2) is 26.5 Å². The van der Waals surface area contributed by atoms with Gasteiger partial charge in [-0.3, -0.25) is 4.79 Å². The van der Waals surface area contributed by atoms with Gasteiger partial charge in [-0.25, -0.2) is 8.42 Å². The zero-order valence-electron chi connectivity index (χ0n) is 17.2. The Bertz CT molecular complexity index is 1200. The molecule has 2 aromatic carbocycles. The minimum absolute atomic E-state index is 0.0277. The molecule has 2 fully saturated rings. The van der Waals surface area contributed by atoms with Crippen molar-refractivity contribution in [3.63, 3.8) is 0 Å². The van der Waals surface area contributed by atoms with Crippen LogP contribution in [0.25, 0.3) is 0 Å². The second kappa shape index (κ2) is 9.13. The first-order chi connectivity index (χ1) is 15.2. The number of amidine groups is 1. The molecule has 0 spiro atoms. The number of carbonyl (C=O) groups is 1. The van der Waals surface area contributed by atoms with Gasteiger partial charge in [0.2, 0.25) is 0 Å². The molecule has 2 aliphatic heterocycles. The lowest BCUT2D eigenvalue weighted by molar-refractivity contribution is -0.117. The van der Waals surface area contributed by atoms with E-state index in [0.29, 0.717) is 32.4 Å². The molecule has 2 aliphatic rings. The lowest BCUT2D eigenvalue weighted by Gasteiger charge is -2.25. The van der Waals surface area contributed by atoms with Gasteiger partial charge in [0.25, 0.3) is 5.91 Å². The van der Waals surface area contributed by atoms with E-state index in [1.807, 2.05) is 0 Å². The number of aliphatic imine (C=N–C) groups is 1. The van der Waals surface area contributed by atoms with E-state index in [2.05, 4.69) is 4.99 Å². The summed E-state index contributed by atoms with van der Waals surface area (Å²) in [4.78, 5) is 18.9. The Hall–Kier alpha value is -1.94. The first-order valence-corrected chi connectivity index (χ1v) is 13.1. The van der Waals surface area contributed by atoms with Crippen molar-refractivity contribution >= 4 is 61.6 Å². The number of thioether (sulfide) groups is 1. The molecule has 2 saturated heterocycles. The van der Waals surface area contributed by atoms with Crippen molar-refractivity contribution in [2.75, 3.05) is 30.6 Å². The number of ether oxygens (including phenoxy) is 2. The van der Waals surface area contributed by atoms with E-state index >= 15 is 0 Å². The Morgan fingerprint density at radius 1 is 1.16 bits per heavy atom. The molecule has 2 heterocycles. The molecule has 7 nitrogen and oxygen atoms in total. The second-order valence-corrected chi connectivity index (χ2v) is 11.5. The van der Waals surface area contributed by atoms with Crippen molar-refractivity contribution in [1.29, 1.82) is 0 Å². The number of amides is 1. The van der Waals surface area contributed by atoms with Crippen LogP contribution in [0.1, 0.15) is 5.56 Å². The molecule has 0 saturated carbocycles. The average molecular weight is 515 g/mol. The topological polar surface area (TPSA) is 85.3 Å². The van der Waals surface area contributed by atoms with Gasteiger partial charge in [-0.1, -0.05) is 47.1 Å². The highest BCUT2D eigenvalue weighted by atomic mass is 35.5. The lowest BCUT2D eigenvalue weighted by atomic mass is 10.1. The Morgan fingerprint density at radius 3 is 2.62 bits per heavy atom. The minimum atomic E-state index is -3.19. The summed E-state index contributed by atoms with van der Waals surface area (Å²) < 4.78 is 35.0. The number of hydrogen-bond acceptors (Lipinski definition) is 6. The van der Waals surface area contributed by atoms with Crippen LogP contribution in [-0.2, 0) is 21.1 Å². The van der Waals surface area contributed by atoms with Crippen LogP contribution >= 0.6 is 35.0 Å². The predicted molar refractivity (Wildman–Crippen MR) is 128 cm³/mol. The molecule has 32 heavy (non-hydrogen) atoms. The maximum Gasteiger partial charge on any atom is 0.252 e. The van der Waals surface area contributed by atoms with Crippen LogP contribution in [0, 0.1) is 0 Å². The number of halogens is 2. The molecular weight excluding hydrogens is 495 g/mol. The average Bonchev–Trinajstić information content (AvgIpc) is 3.20. The predicted octanol–water partition coefficient (Wildman–Crippen LogP) is 3.85. The van der Waals surface area contributed by atoms with E-state index in [4.69, 9.17) is 32.7 Å². The first-order valence-electron chi connectivity index (χ1n) is 9.65. The van der Waals surface area contributed by atoms with Crippen molar-refractivity contribution in [2.24, 2.45) is 4.99 Å². The molecule has 1 amide bonds. The molecule has 0 aromatic heterocycles. The number of anilines is 1.